The van der Waals surface area contributed by atoms with E-state index in [1.807, 2.05) is 12.1 Å². The predicted octanol–water partition coefficient (Wildman–Crippen LogP) is 3.22. The second-order valence-electron chi connectivity index (χ2n) is 4.55. The third-order valence-corrected chi connectivity index (χ3v) is 3.90. The maximum atomic E-state index is 12.2. The first-order chi connectivity index (χ1) is 8.65. The van der Waals surface area contributed by atoms with Gasteiger partial charge in [0.1, 0.15) is 0 Å². The van der Waals surface area contributed by atoms with Crippen molar-refractivity contribution in [3.63, 3.8) is 0 Å². The van der Waals surface area contributed by atoms with E-state index in [4.69, 9.17) is 0 Å². The zero-order valence-electron chi connectivity index (χ0n) is 10.8. The molecule has 0 bridgehead atoms. The van der Waals surface area contributed by atoms with Crippen LogP contribution < -0.4 is 5.32 Å². The Hall–Kier alpha value is -0.360. The third kappa shape index (κ3) is 5.26. The van der Waals surface area contributed by atoms with Crippen molar-refractivity contribution in [3.8, 4) is 0 Å². The fraction of sp³-hybridized carbons (Fsp3) is 0.538. The topological polar surface area (TPSA) is 15.3 Å². The van der Waals surface area contributed by atoms with E-state index in [-0.39, 0.29) is 12.4 Å². The van der Waals surface area contributed by atoms with Crippen molar-refractivity contribution in [1.29, 1.82) is 0 Å². The number of rotatable bonds is 4. The highest BCUT2D eigenvalue weighted by Crippen LogP contribution is 2.25. The van der Waals surface area contributed by atoms with Crippen LogP contribution in [0.1, 0.15) is 12.5 Å². The van der Waals surface area contributed by atoms with Crippen LogP contribution in [0.15, 0.2) is 29.2 Å². The molecule has 19 heavy (non-hydrogen) atoms. The molecule has 1 aromatic rings. The summed E-state index contributed by atoms with van der Waals surface area (Å²) in [6.45, 7) is 6.16. The molecule has 2 rings (SSSR count). The van der Waals surface area contributed by atoms with E-state index in [0.29, 0.717) is 22.7 Å². The smallest absolute Gasteiger partial charge is 0.288 e. The van der Waals surface area contributed by atoms with Gasteiger partial charge in [-0.1, -0.05) is 23.9 Å². The van der Waals surface area contributed by atoms with Crippen molar-refractivity contribution in [2.75, 3.05) is 19.6 Å². The fourth-order valence-corrected chi connectivity index (χ4v) is 2.63. The van der Waals surface area contributed by atoms with Crippen LogP contribution in [0.2, 0.25) is 0 Å². The first-order valence-corrected chi connectivity index (χ1v) is 7.01. The molecule has 0 saturated carbocycles. The van der Waals surface area contributed by atoms with Crippen molar-refractivity contribution in [1.82, 2.24) is 10.2 Å². The molecular weight excluding hydrogens is 290 g/mol. The van der Waals surface area contributed by atoms with Crippen LogP contribution >= 0.6 is 24.2 Å². The summed E-state index contributed by atoms with van der Waals surface area (Å²) < 4.78 is 24.4. The molecule has 0 aromatic heterocycles. The predicted molar refractivity (Wildman–Crippen MR) is 78.3 cm³/mol. The van der Waals surface area contributed by atoms with Crippen LogP contribution in [-0.4, -0.2) is 36.3 Å². The van der Waals surface area contributed by atoms with Crippen LogP contribution in [0, 0.1) is 0 Å². The highest BCUT2D eigenvalue weighted by atomic mass is 35.5. The Bertz CT molecular complexity index is 375. The molecule has 108 valence electrons. The second-order valence-corrected chi connectivity index (χ2v) is 5.61. The highest BCUT2D eigenvalue weighted by molar-refractivity contribution is 7.99. The molecule has 1 aliphatic rings. The average molecular weight is 309 g/mol. The maximum absolute atomic E-state index is 12.2. The van der Waals surface area contributed by atoms with Gasteiger partial charge in [-0.3, -0.25) is 4.90 Å². The van der Waals surface area contributed by atoms with Crippen molar-refractivity contribution < 1.29 is 8.78 Å². The molecule has 2 nitrogen and oxygen atoms in total. The van der Waals surface area contributed by atoms with E-state index in [1.54, 1.807) is 12.1 Å². The lowest BCUT2D eigenvalue weighted by Gasteiger charge is -2.33. The highest BCUT2D eigenvalue weighted by Gasteiger charge is 2.17. The summed E-state index contributed by atoms with van der Waals surface area (Å²) in [5.74, 6) is -2.34. The first-order valence-electron chi connectivity index (χ1n) is 6.13. The Morgan fingerprint density at radius 3 is 2.63 bits per heavy atom. The second kappa shape index (κ2) is 8.04. The molecule has 1 fully saturated rings. The minimum Gasteiger partial charge on any atom is -0.314 e. The van der Waals surface area contributed by atoms with Gasteiger partial charge in [-0.2, -0.15) is 8.78 Å². The molecule has 1 aromatic carbocycles. The van der Waals surface area contributed by atoms with Gasteiger partial charge in [0, 0.05) is 37.1 Å². The Morgan fingerprint density at radius 1 is 1.37 bits per heavy atom. The molecule has 1 atom stereocenters. The molecule has 0 amide bonds. The molecule has 1 saturated heterocycles. The zero-order chi connectivity index (χ0) is 13.0. The Kier molecular flexibility index (Phi) is 7.07. The van der Waals surface area contributed by atoms with E-state index < -0.39 is 5.76 Å². The van der Waals surface area contributed by atoms with Crippen LogP contribution in [0.5, 0.6) is 0 Å². The lowest BCUT2D eigenvalue weighted by atomic mass is 10.1. The van der Waals surface area contributed by atoms with Gasteiger partial charge in [0.2, 0.25) is 0 Å². The van der Waals surface area contributed by atoms with E-state index >= 15 is 0 Å². The van der Waals surface area contributed by atoms with Gasteiger partial charge >= 0.3 is 0 Å². The lowest BCUT2D eigenvalue weighted by Crippen LogP contribution is -2.49. The van der Waals surface area contributed by atoms with Gasteiger partial charge in [-0.25, -0.2) is 0 Å². The van der Waals surface area contributed by atoms with Crippen LogP contribution in [-0.2, 0) is 6.54 Å². The monoisotopic (exact) mass is 308 g/mol. The summed E-state index contributed by atoms with van der Waals surface area (Å²) in [4.78, 5) is 3.04. The third-order valence-electron chi connectivity index (χ3n) is 3.17. The summed E-state index contributed by atoms with van der Waals surface area (Å²) in [5, 5.41) is 3.35. The van der Waals surface area contributed by atoms with E-state index in [0.717, 1.165) is 26.2 Å². The number of piperazine rings is 1. The molecule has 0 unspecified atom stereocenters. The normalized spacial score (nSPS) is 20.3. The van der Waals surface area contributed by atoms with E-state index in [1.165, 1.54) is 5.56 Å². The quantitative estimate of drug-likeness (QED) is 0.860. The van der Waals surface area contributed by atoms with Crippen molar-refractivity contribution in [2.24, 2.45) is 0 Å². The summed E-state index contributed by atoms with van der Waals surface area (Å²) >= 11 is 0.597. The number of alkyl halides is 2. The SMILES string of the molecule is C[C@H]1CNCCN1Cc1ccc(SC(F)F)cc1.Cl. The van der Waals surface area contributed by atoms with Gasteiger partial charge in [-0.15, -0.1) is 12.4 Å². The standard InChI is InChI=1S/C13H18F2N2S.ClH/c1-10-8-16-6-7-17(10)9-11-2-4-12(5-3-11)18-13(14)15;/h2-5,10,13,16H,6-9H2,1H3;1H/t10-;/m0./s1. The molecule has 0 spiro atoms. The average Bonchev–Trinajstić information content (AvgIpc) is 2.34. The summed E-state index contributed by atoms with van der Waals surface area (Å²) in [6.07, 6.45) is 0. The minimum atomic E-state index is -2.34. The number of nitrogens with one attached hydrogen (secondary N) is 1. The Morgan fingerprint density at radius 2 is 2.05 bits per heavy atom. The van der Waals surface area contributed by atoms with Crippen molar-refractivity contribution >= 4 is 24.2 Å². The largest absolute Gasteiger partial charge is 0.314 e. The number of hydrogen-bond acceptors (Lipinski definition) is 3. The molecule has 0 radical (unpaired) electrons. The Balaban J connectivity index is 0.00000180. The van der Waals surface area contributed by atoms with Gasteiger partial charge in [-0.05, 0) is 24.6 Å². The van der Waals surface area contributed by atoms with Crippen LogP contribution in [0.4, 0.5) is 8.78 Å². The fourth-order valence-electron chi connectivity index (χ4n) is 2.13. The molecule has 1 heterocycles. The number of hydrogen-bond donors (Lipinski definition) is 1. The zero-order valence-corrected chi connectivity index (χ0v) is 12.4. The number of halogens is 3. The lowest BCUT2D eigenvalue weighted by molar-refractivity contribution is 0.165. The van der Waals surface area contributed by atoms with Gasteiger partial charge in [0.15, 0.2) is 0 Å². The first kappa shape index (κ1) is 16.7. The molecule has 6 heteroatoms. The summed E-state index contributed by atoms with van der Waals surface area (Å²) in [6, 6.07) is 7.96. The van der Waals surface area contributed by atoms with Gasteiger partial charge in [0.05, 0.1) is 0 Å². The molecule has 1 N–H and O–H groups in total. The number of thioether (sulfide) groups is 1. The summed E-state index contributed by atoms with van der Waals surface area (Å²) in [7, 11) is 0. The Labute approximate surface area is 123 Å². The number of benzene rings is 1. The molecule has 1 aliphatic heterocycles. The number of nitrogens with zero attached hydrogens (tertiary/aromatic N) is 1. The van der Waals surface area contributed by atoms with E-state index in [2.05, 4.69) is 17.1 Å². The molecule has 0 aliphatic carbocycles. The van der Waals surface area contributed by atoms with Crippen molar-refractivity contribution in [2.45, 2.75) is 30.2 Å². The minimum absolute atomic E-state index is 0. The maximum Gasteiger partial charge on any atom is 0.288 e. The molecular formula is C13H19ClF2N2S. The van der Waals surface area contributed by atoms with Crippen LogP contribution in [0.25, 0.3) is 0 Å². The summed E-state index contributed by atoms with van der Waals surface area (Å²) in [5.41, 5.74) is 1.18. The van der Waals surface area contributed by atoms with Gasteiger partial charge in [0.25, 0.3) is 5.76 Å². The van der Waals surface area contributed by atoms with E-state index in [9.17, 15) is 8.78 Å². The van der Waals surface area contributed by atoms with Crippen LogP contribution in [0.3, 0.4) is 0 Å². The van der Waals surface area contributed by atoms with Crippen molar-refractivity contribution in [3.05, 3.63) is 29.8 Å². The van der Waals surface area contributed by atoms with Gasteiger partial charge < -0.3 is 5.32 Å².